The predicted octanol–water partition coefficient (Wildman–Crippen LogP) is 7.81. The molecule has 2 aromatic rings. The van der Waals surface area contributed by atoms with Gasteiger partial charge in [-0.25, -0.2) is 4.79 Å². The van der Waals surface area contributed by atoms with E-state index in [1.807, 2.05) is 74.5 Å². The third-order valence-electron chi connectivity index (χ3n) is 8.30. The molecule has 0 aliphatic heterocycles. The van der Waals surface area contributed by atoms with Crippen LogP contribution in [-0.2, 0) is 14.3 Å². The maximum Gasteiger partial charge on any atom is 0.330 e. The Morgan fingerprint density at radius 1 is 1.05 bits per heavy atom. The first kappa shape index (κ1) is 29.2. The van der Waals surface area contributed by atoms with Gasteiger partial charge in [-0.3, -0.25) is 0 Å². The van der Waals surface area contributed by atoms with Gasteiger partial charge < -0.3 is 19.3 Å². The minimum atomic E-state index is -0.274. The number of hydrogen-bond donors (Lipinski definition) is 1. The van der Waals surface area contributed by atoms with E-state index < -0.39 is 0 Å². The first-order valence-corrected chi connectivity index (χ1v) is 13.4. The molecule has 5 heteroatoms. The monoisotopic (exact) mass is 518 g/mol. The van der Waals surface area contributed by atoms with E-state index in [2.05, 4.69) is 27.4 Å². The lowest BCUT2D eigenvalue weighted by atomic mass is 9.70. The predicted molar refractivity (Wildman–Crippen MR) is 154 cm³/mol. The lowest BCUT2D eigenvalue weighted by Gasteiger charge is -2.38. The number of fused-ring (bicyclic) bond motifs is 2. The van der Waals surface area contributed by atoms with E-state index in [0.29, 0.717) is 17.9 Å². The van der Waals surface area contributed by atoms with Crippen LogP contribution in [0, 0.1) is 16.7 Å². The lowest BCUT2D eigenvalue weighted by Crippen LogP contribution is -2.38. The van der Waals surface area contributed by atoms with Crippen LogP contribution in [0.2, 0.25) is 0 Å². The van der Waals surface area contributed by atoms with E-state index in [1.54, 1.807) is 12.1 Å². The Bertz CT molecular complexity index is 1110. The van der Waals surface area contributed by atoms with Crippen LogP contribution in [0.15, 0.2) is 73.3 Å². The van der Waals surface area contributed by atoms with Crippen molar-refractivity contribution in [3.8, 4) is 11.5 Å². The quantitative estimate of drug-likeness (QED) is 0.159. The second-order valence-electron chi connectivity index (χ2n) is 10.8. The highest BCUT2D eigenvalue weighted by Gasteiger charge is 2.62. The lowest BCUT2D eigenvalue weighted by molar-refractivity contribution is -0.150. The second-order valence-corrected chi connectivity index (χ2v) is 10.8. The number of hydrogen-bond acceptors (Lipinski definition) is 5. The van der Waals surface area contributed by atoms with Gasteiger partial charge in [0.05, 0.1) is 0 Å². The van der Waals surface area contributed by atoms with Crippen molar-refractivity contribution in [2.24, 2.45) is 16.7 Å². The minimum Gasteiger partial charge on any atom is -0.508 e. The van der Waals surface area contributed by atoms with Gasteiger partial charge in [0.25, 0.3) is 0 Å². The number of phenols is 1. The highest BCUT2D eigenvalue weighted by Crippen LogP contribution is 2.66. The fourth-order valence-corrected chi connectivity index (χ4v) is 5.53. The summed E-state index contributed by atoms with van der Waals surface area (Å²) in [4.78, 5) is 11.3. The van der Waals surface area contributed by atoms with E-state index in [0.717, 1.165) is 23.3 Å². The molecular weight excluding hydrogens is 476 g/mol. The van der Waals surface area contributed by atoms with Gasteiger partial charge in [-0.1, -0.05) is 75.9 Å². The zero-order valence-electron chi connectivity index (χ0n) is 23.4. The minimum absolute atomic E-state index is 0.0942. The largest absolute Gasteiger partial charge is 0.508 e. The topological polar surface area (TPSA) is 65.0 Å². The van der Waals surface area contributed by atoms with Crippen LogP contribution in [0.1, 0.15) is 65.0 Å². The van der Waals surface area contributed by atoms with Crippen molar-refractivity contribution in [3.05, 3.63) is 84.5 Å². The van der Waals surface area contributed by atoms with Gasteiger partial charge in [0, 0.05) is 18.1 Å². The van der Waals surface area contributed by atoms with Crippen molar-refractivity contribution >= 4 is 18.1 Å². The van der Waals surface area contributed by atoms with E-state index in [4.69, 9.17) is 14.2 Å². The molecule has 0 heterocycles. The molecule has 38 heavy (non-hydrogen) atoms. The molecule has 2 bridgehead atoms. The van der Waals surface area contributed by atoms with Crippen LogP contribution < -0.4 is 4.74 Å². The van der Waals surface area contributed by atoms with Crippen LogP contribution in [0.5, 0.6) is 11.5 Å². The molecular formula is C33H42O5. The summed E-state index contributed by atoms with van der Waals surface area (Å²) in [6.07, 6.45) is 12.6. The summed E-state index contributed by atoms with van der Waals surface area (Å²) >= 11 is 0. The molecule has 2 aliphatic carbocycles. The van der Waals surface area contributed by atoms with E-state index in [-0.39, 0.29) is 29.5 Å². The fraction of sp³-hybridized carbons (Fsp3) is 0.424. The van der Waals surface area contributed by atoms with E-state index >= 15 is 0 Å². The van der Waals surface area contributed by atoms with Crippen LogP contribution in [-0.4, -0.2) is 30.1 Å². The summed E-state index contributed by atoms with van der Waals surface area (Å²) in [6, 6.07) is 14.9. The molecule has 204 valence electrons. The molecule has 2 saturated carbocycles. The average molecular weight is 519 g/mol. The molecule has 2 aliphatic rings. The number of phenolic OH excluding ortho intramolecular Hbond substituents is 1. The molecule has 4 unspecified atom stereocenters. The van der Waals surface area contributed by atoms with Gasteiger partial charge >= 0.3 is 5.97 Å². The summed E-state index contributed by atoms with van der Waals surface area (Å²) in [7, 11) is 0. The van der Waals surface area contributed by atoms with Gasteiger partial charge in [0.1, 0.15) is 17.6 Å². The molecule has 0 spiro atoms. The Morgan fingerprint density at radius 2 is 1.63 bits per heavy atom. The number of rotatable bonds is 9. The molecule has 2 aromatic carbocycles. The average Bonchev–Trinajstić information content (AvgIpc) is 3.23. The van der Waals surface area contributed by atoms with Gasteiger partial charge in [-0.2, -0.15) is 0 Å². The van der Waals surface area contributed by atoms with Crippen LogP contribution in [0.3, 0.4) is 0 Å². The molecule has 4 rings (SSSR count). The van der Waals surface area contributed by atoms with Crippen molar-refractivity contribution in [1.82, 2.24) is 0 Å². The van der Waals surface area contributed by atoms with Gasteiger partial charge in [0.2, 0.25) is 0 Å². The number of benzene rings is 2. The summed E-state index contributed by atoms with van der Waals surface area (Å²) in [6.45, 7) is 14.8. The van der Waals surface area contributed by atoms with Gasteiger partial charge in [0.15, 0.2) is 6.29 Å². The Hall–Kier alpha value is -3.31. The maximum absolute atomic E-state index is 11.3. The first-order valence-electron chi connectivity index (χ1n) is 13.4. The molecule has 5 nitrogen and oxygen atoms in total. The highest BCUT2D eigenvalue weighted by atomic mass is 16.7. The van der Waals surface area contributed by atoms with Crippen LogP contribution >= 0.6 is 0 Å². The first-order chi connectivity index (χ1) is 18.1. The molecule has 2 fully saturated rings. The highest BCUT2D eigenvalue weighted by molar-refractivity contribution is 5.81. The number of ether oxygens (including phenoxy) is 3. The normalized spacial score (nSPS) is 24.1. The number of carbonyl (C=O) groups is 1. The smallest absolute Gasteiger partial charge is 0.330 e. The van der Waals surface area contributed by atoms with Crippen molar-refractivity contribution < 1.29 is 24.1 Å². The zero-order chi connectivity index (χ0) is 27.8. The molecule has 1 N–H and O–H groups in total. The summed E-state index contributed by atoms with van der Waals surface area (Å²) < 4.78 is 16.4. The van der Waals surface area contributed by atoms with Crippen LogP contribution in [0.4, 0.5) is 0 Å². The molecule has 0 amide bonds. The fourth-order valence-electron chi connectivity index (χ4n) is 5.53. The Balaban J connectivity index is 0.000000230. The summed E-state index contributed by atoms with van der Waals surface area (Å²) in [5, 5.41) is 9.23. The van der Waals surface area contributed by atoms with Gasteiger partial charge in [-0.15, -0.1) is 0 Å². The number of allylic oxidation sites excluding steroid dienone is 2. The Labute approximate surface area is 227 Å². The van der Waals surface area contributed by atoms with Crippen molar-refractivity contribution in [2.45, 2.75) is 66.3 Å². The molecule has 0 saturated heterocycles. The maximum atomic E-state index is 11.3. The summed E-state index contributed by atoms with van der Waals surface area (Å²) in [5.41, 5.74) is 2.60. The molecule has 0 radical (unpaired) electrons. The van der Waals surface area contributed by atoms with E-state index in [1.165, 1.54) is 18.9 Å². The second kappa shape index (κ2) is 13.0. The number of aromatic hydroxyl groups is 1. The molecule has 0 aromatic heterocycles. The number of esters is 1. The Kier molecular flexibility index (Phi) is 9.98. The van der Waals surface area contributed by atoms with E-state index in [9.17, 15) is 9.90 Å². The van der Waals surface area contributed by atoms with Gasteiger partial charge in [-0.05, 0) is 79.8 Å². The van der Waals surface area contributed by atoms with Crippen molar-refractivity contribution in [2.75, 3.05) is 6.61 Å². The summed E-state index contributed by atoms with van der Waals surface area (Å²) in [5.74, 6) is 1.51. The SMILES string of the molecule is C=CC(=O)OC1CC2CCC1(C)C2(C)C.CCOC(C)Oc1ccc(C=CC=Cc2ccc(O)cc2)cc1. The number of carbonyl (C=O) groups excluding carboxylic acids is 1. The van der Waals surface area contributed by atoms with Crippen LogP contribution in [0.25, 0.3) is 12.2 Å². The standard InChI is InChI=1S/C20H22O3.C13H20O2/c1-3-22-16(2)23-20-14-10-18(11-15-20)7-5-4-6-17-8-12-19(21)13-9-17;1-5-11(14)15-10-8-9-6-7-13(10,4)12(9,2)3/h4-16,21H,3H2,1-2H3;5,9-10H,1,6-8H2,2-4H3. The van der Waals surface area contributed by atoms with Crippen molar-refractivity contribution in [1.29, 1.82) is 0 Å². The van der Waals surface area contributed by atoms with Crippen molar-refractivity contribution in [3.63, 3.8) is 0 Å². The third-order valence-corrected chi connectivity index (χ3v) is 8.30. The zero-order valence-corrected chi connectivity index (χ0v) is 23.4. The molecule has 4 atom stereocenters. The Morgan fingerprint density at radius 3 is 2.11 bits per heavy atom. The third kappa shape index (κ3) is 7.16.